The van der Waals surface area contributed by atoms with Gasteiger partial charge in [-0.25, -0.2) is 0 Å². The van der Waals surface area contributed by atoms with E-state index in [1.165, 1.54) is 37.3 Å². The van der Waals surface area contributed by atoms with Crippen molar-refractivity contribution in [1.82, 2.24) is 4.90 Å². The number of amides is 3. The van der Waals surface area contributed by atoms with Gasteiger partial charge in [0.2, 0.25) is 5.91 Å². The van der Waals surface area contributed by atoms with Gasteiger partial charge >= 0.3 is 10.1 Å². The first-order valence-corrected chi connectivity index (χ1v) is 15.0. The number of nitrogens with one attached hydrogen (secondary N) is 1. The molecule has 1 aliphatic rings. The summed E-state index contributed by atoms with van der Waals surface area (Å²) in [6.07, 6.45) is 1.56. The largest absolute Gasteiger partial charge is 0.491 e. The molecule has 0 unspecified atom stereocenters. The molecule has 0 radical (unpaired) electrons. The number of nitrogens with zero attached hydrogens (tertiary/aromatic N) is 1. The van der Waals surface area contributed by atoms with Crippen LogP contribution in [0.3, 0.4) is 0 Å². The number of anilines is 1. The Morgan fingerprint density at radius 3 is 2.42 bits per heavy atom. The average molecular weight is 646 g/mol. The van der Waals surface area contributed by atoms with Gasteiger partial charge in [0, 0.05) is 12.6 Å². The summed E-state index contributed by atoms with van der Waals surface area (Å²) < 4.78 is 36.9. The van der Waals surface area contributed by atoms with Crippen molar-refractivity contribution in [3.63, 3.8) is 0 Å². The molecule has 3 aromatic rings. The van der Waals surface area contributed by atoms with Crippen molar-refractivity contribution in [2.45, 2.75) is 25.7 Å². The smallest absolute Gasteiger partial charge is 0.339 e. The van der Waals surface area contributed by atoms with Crippen molar-refractivity contribution in [3.05, 3.63) is 86.7 Å². The predicted molar refractivity (Wildman–Crippen MR) is 157 cm³/mol. The normalized spacial score (nSPS) is 14.5. The highest BCUT2D eigenvalue weighted by atomic mass is 79.9. The summed E-state index contributed by atoms with van der Waals surface area (Å²) in [6, 6.07) is 16.0. The molecule has 1 fully saturated rings. The lowest BCUT2D eigenvalue weighted by Crippen LogP contribution is -2.32. The highest BCUT2D eigenvalue weighted by Crippen LogP contribution is 2.34. The molecule has 3 amide bonds. The molecule has 1 saturated heterocycles. The molecule has 0 aromatic heterocycles. The third-order valence-corrected chi connectivity index (χ3v) is 8.48. The fourth-order valence-electron chi connectivity index (χ4n) is 3.70. The number of carbonyl (C=O) groups excluding carboxylic acids is 3. The van der Waals surface area contributed by atoms with Crippen LogP contribution in [0.1, 0.15) is 23.6 Å². The van der Waals surface area contributed by atoms with E-state index in [-0.39, 0.29) is 34.6 Å². The molecule has 9 nitrogen and oxygen atoms in total. The van der Waals surface area contributed by atoms with Crippen LogP contribution in [0, 0.1) is 13.8 Å². The number of hydrogen-bond donors (Lipinski definition) is 1. The minimum absolute atomic E-state index is 0.0415. The fraction of sp³-hybridized carbons (Fsp3) is 0.179. The lowest BCUT2D eigenvalue weighted by molar-refractivity contribution is -0.123. The molecule has 1 aliphatic heterocycles. The Morgan fingerprint density at radius 1 is 1.02 bits per heavy atom. The highest BCUT2D eigenvalue weighted by molar-refractivity contribution is 9.10. The molecule has 208 valence electrons. The van der Waals surface area contributed by atoms with E-state index < -0.39 is 21.3 Å². The van der Waals surface area contributed by atoms with Crippen molar-refractivity contribution in [2.24, 2.45) is 0 Å². The molecule has 0 aliphatic carbocycles. The zero-order chi connectivity index (χ0) is 29.0. The Hall–Kier alpha value is -3.61. The third kappa shape index (κ3) is 7.12. The monoisotopic (exact) mass is 644 g/mol. The average Bonchev–Trinajstić information content (AvgIpc) is 3.15. The first-order chi connectivity index (χ1) is 18.9. The quantitative estimate of drug-likeness (QED) is 0.226. The maximum atomic E-state index is 12.9. The van der Waals surface area contributed by atoms with Crippen LogP contribution in [-0.2, 0) is 19.7 Å². The second kappa shape index (κ2) is 12.3. The predicted octanol–water partition coefficient (Wildman–Crippen LogP) is 5.91. The van der Waals surface area contributed by atoms with E-state index in [0.717, 1.165) is 27.8 Å². The van der Waals surface area contributed by atoms with Crippen LogP contribution in [0.2, 0.25) is 0 Å². The minimum Gasteiger partial charge on any atom is -0.491 e. The lowest BCUT2D eigenvalue weighted by atomic mass is 10.1. The van der Waals surface area contributed by atoms with E-state index in [2.05, 4.69) is 21.2 Å². The van der Waals surface area contributed by atoms with Crippen LogP contribution in [-0.4, -0.2) is 43.5 Å². The number of halogens is 1. The Balaban J connectivity index is 1.41. The molecule has 12 heteroatoms. The van der Waals surface area contributed by atoms with E-state index in [4.69, 9.17) is 8.92 Å². The summed E-state index contributed by atoms with van der Waals surface area (Å²) in [4.78, 5) is 37.8. The number of imide groups is 1. The third-order valence-electron chi connectivity index (χ3n) is 5.71. The van der Waals surface area contributed by atoms with Crippen molar-refractivity contribution in [2.75, 3.05) is 18.5 Å². The van der Waals surface area contributed by atoms with Gasteiger partial charge < -0.3 is 14.2 Å². The molecule has 4 rings (SSSR count). The van der Waals surface area contributed by atoms with Gasteiger partial charge in [-0.1, -0.05) is 18.2 Å². The zero-order valence-electron chi connectivity index (χ0n) is 21.8. The van der Waals surface area contributed by atoms with Gasteiger partial charge in [-0.15, -0.1) is 0 Å². The summed E-state index contributed by atoms with van der Waals surface area (Å²) in [6.45, 7) is 5.50. The lowest BCUT2D eigenvalue weighted by Gasteiger charge is -2.14. The topological polar surface area (TPSA) is 119 Å². The summed E-state index contributed by atoms with van der Waals surface area (Å²) in [5, 5.41) is 2.17. The second-order valence-corrected chi connectivity index (χ2v) is 12.3. The van der Waals surface area contributed by atoms with E-state index in [1.54, 1.807) is 18.2 Å². The molecule has 1 N–H and O–H groups in total. The van der Waals surface area contributed by atoms with E-state index in [9.17, 15) is 22.8 Å². The van der Waals surface area contributed by atoms with Crippen LogP contribution >= 0.6 is 27.7 Å². The molecule has 40 heavy (non-hydrogen) atoms. The number of aryl methyl sites for hydroxylation is 2. The first-order valence-electron chi connectivity index (χ1n) is 12.0. The minimum atomic E-state index is -4.15. The second-order valence-electron chi connectivity index (χ2n) is 8.88. The van der Waals surface area contributed by atoms with Gasteiger partial charge in [-0.3, -0.25) is 19.3 Å². The molecular weight excluding hydrogens is 620 g/mol. The fourth-order valence-corrected chi connectivity index (χ4v) is 6.10. The van der Waals surface area contributed by atoms with Gasteiger partial charge in [-0.05, 0) is 107 Å². The van der Waals surface area contributed by atoms with Crippen LogP contribution in [0.25, 0.3) is 6.08 Å². The van der Waals surface area contributed by atoms with Crippen molar-refractivity contribution in [1.29, 1.82) is 0 Å². The summed E-state index contributed by atoms with van der Waals surface area (Å²) in [5.41, 5.74) is 3.03. The Bertz CT molecular complexity index is 1620. The number of hydrogen-bond acceptors (Lipinski definition) is 8. The SMILES string of the molecule is CC(=O)Nc1ccc(S(=O)(=O)Oc2ccc(/C=C3\SC(=O)N(CCOc4cc(C)ccc4C)C3=O)cc2Br)cc1. The van der Waals surface area contributed by atoms with Crippen LogP contribution in [0.5, 0.6) is 11.5 Å². The Morgan fingerprint density at radius 2 is 1.75 bits per heavy atom. The Labute approximate surface area is 244 Å². The molecule has 3 aromatic carbocycles. The highest BCUT2D eigenvalue weighted by Gasteiger charge is 2.35. The molecule has 0 spiro atoms. The van der Waals surface area contributed by atoms with Gasteiger partial charge in [-0.2, -0.15) is 8.42 Å². The van der Waals surface area contributed by atoms with Gasteiger partial charge in [0.1, 0.15) is 17.3 Å². The van der Waals surface area contributed by atoms with E-state index in [0.29, 0.717) is 21.5 Å². The maximum absolute atomic E-state index is 12.9. The maximum Gasteiger partial charge on any atom is 0.339 e. The molecule has 0 saturated carbocycles. The summed E-state index contributed by atoms with van der Waals surface area (Å²) >= 11 is 4.14. The number of rotatable bonds is 9. The van der Waals surface area contributed by atoms with Crippen molar-refractivity contribution in [3.8, 4) is 11.5 Å². The summed E-state index contributed by atoms with van der Waals surface area (Å²) in [5.74, 6) is 0.0441. The number of thioether (sulfide) groups is 1. The van der Waals surface area contributed by atoms with E-state index in [1.807, 2.05) is 32.0 Å². The molecule has 1 heterocycles. The standard InChI is InChI=1S/C28H25BrN2O7S2/c1-17-4-5-18(2)25(14-17)37-13-12-31-27(33)26(39-28(31)34)16-20-6-11-24(23(29)15-20)38-40(35,36)22-9-7-21(8-10-22)30-19(3)32/h4-11,14-16H,12-13H2,1-3H3,(H,30,32)/b26-16-. The molecular formula is C28H25BrN2O7S2. The van der Waals surface area contributed by atoms with Crippen LogP contribution < -0.4 is 14.2 Å². The van der Waals surface area contributed by atoms with E-state index >= 15 is 0 Å². The first kappa shape index (κ1) is 29.4. The van der Waals surface area contributed by atoms with Crippen molar-refractivity contribution >= 4 is 66.6 Å². The number of benzene rings is 3. The van der Waals surface area contributed by atoms with Crippen molar-refractivity contribution < 1.29 is 31.7 Å². The Kier molecular flexibility index (Phi) is 9.02. The van der Waals surface area contributed by atoms with Gasteiger partial charge in [0.25, 0.3) is 11.1 Å². The number of carbonyl (C=O) groups is 3. The molecule has 0 atom stereocenters. The van der Waals surface area contributed by atoms with Crippen LogP contribution in [0.15, 0.2) is 74.9 Å². The van der Waals surface area contributed by atoms with Gasteiger partial charge in [0.15, 0.2) is 5.75 Å². The summed E-state index contributed by atoms with van der Waals surface area (Å²) in [7, 11) is -4.15. The number of ether oxygens (including phenoxy) is 1. The molecule has 0 bridgehead atoms. The zero-order valence-corrected chi connectivity index (χ0v) is 25.0. The van der Waals surface area contributed by atoms with Gasteiger partial charge in [0.05, 0.1) is 15.9 Å². The van der Waals surface area contributed by atoms with Crippen LogP contribution in [0.4, 0.5) is 10.5 Å².